The fourth-order valence-electron chi connectivity index (χ4n) is 2.08. The van der Waals surface area contributed by atoms with E-state index in [0.29, 0.717) is 6.04 Å². The summed E-state index contributed by atoms with van der Waals surface area (Å²) in [6.45, 7) is 11.8. The molecule has 1 rings (SSSR count). The number of hydrogen-bond donors (Lipinski definition) is 1. The van der Waals surface area contributed by atoms with Crippen molar-refractivity contribution in [2.45, 2.75) is 33.2 Å². The number of nitrogens with one attached hydrogen (secondary N) is 1. The molecular weight excluding hydrogens is 204 g/mol. The lowest BCUT2D eigenvalue weighted by atomic mass is 10.1. The van der Waals surface area contributed by atoms with Crippen LogP contribution in [0.5, 0.6) is 0 Å². The van der Waals surface area contributed by atoms with Crippen LogP contribution in [0, 0.1) is 5.92 Å². The zero-order valence-corrected chi connectivity index (χ0v) is 11.3. The second-order valence-corrected chi connectivity index (χ2v) is 6.16. The first-order valence-corrected chi connectivity index (χ1v) is 7.37. The Morgan fingerprint density at radius 3 is 2.47 bits per heavy atom. The summed E-state index contributed by atoms with van der Waals surface area (Å²) in [7, 11) is 0. The number of rotatable bonds is 6. The normalized spacial score (nSPS) is 20.8. The van der Waals surface area contributed by atoms with Gasteiger partial charge in [-0.25, -0.2) is 0 Å². The van der Waals surface area contributed by atoms with Crippen molar-refractivity contribution in [1.82, 2.24) is 10.2 Å². The molecule has 0 aromatic heterocycles. The molecule has 1 saturated heterocycles. The van der Waals surface area contributed by atoms with Crippen molar-refractivity contribution in [2.24, 2.45) is 5.92 Å². The van der Waals surface area contributed by atoms with Crippen LogP contribution in [0.3, 0.4) is 0 Å². The van der Waals surface area contributed by atoms with E-state index in [1.807, 2.05) is 0 Å². The highest BCUT2D eigenvalue weighted by Crippen LogP contribution is 2.08. The lowest BCUT2D eigenvalue weighted by Gasteiger charge is -2.27. The highest BCUT2D eigenvalue weighted by atomic mass is 32.2. The molecule has 1 heterocycles. The molecule has 90 valence electrons. The first-order chi connectivity index (χ1) is 7.18. The van der Waals surface area contributed by atoms with E-state index in [1.54, 1.807) is 0 Å². The van der Waals surface area contributed by atoms with Gasteiger partial charge in [-0.2, -0.15) is 11.8 Å². The van der Waals surface area contributed by atoms with Crippen LogP contribution in [-0.2, 0) is 0 Å². The summed E-state index contributed by atoms with van der Waals surface area (Å²) in [5, 5.41) is 3.61. The molecule has 0 aromatic carbocycles. The van der Waals surface area contributed by atoms with Crippen molar-refractivity contribution in [1.29, 1.82) is 0 Å². The van der Waals surface area contributed by atoms with E-state index < -0.39 is 0 Å². The zero-order chi connectivity index (χ0) is 11.1. The van der Waals surface area contributed by atoms with Crippen molar-refractivity contribution in [3.8, 4) is 0 Å². The summed E-state index contributed by atoms with van der Waals surface area (Å²) in [6, 6.07) is 0.671. The first-order valence-electron chi connectivity index (χ1n) is 6.22. The predicted octanol–water partition coefficient (Wildman–Crippen LogP) is 2.06. The van der Waals surface area contributed by atoms with E-state index in [1.165, 1.54) is 37.6 Å². The third kappa shape index (κ3) is 6.44. The minimum Gasteiger partial charge on any atom is -0.313 e. The molecule has 0 saturated carbocycles. The lowest BCUT2D eigenvalue weighted by Crippen LogP contribution is -2.40. The predicted molar refractivity (Wildman–Crippen MR) is 70.7 cm³/mol. The minimum absolute atomic E-state index is 0.671. The van der Waals surface area contributed by atoms with Crippen LogP contribution < -0.4 is 5.32 Å². The van der Waals surface area contributed by atoms with Gasteiger partial charge in [-0.1, -0.05) is 13.8 Å². The second-order valence-electron chi connectivity index (χ2n) is 4.94. The van der Waals surface area contributed by atoms with Gasteiger partial charge in [0, 0.05) is 43.7 Å². The third-order valence-electron chi connectivity index (χ3n) is 2.85. The fourth-order valence-corrected chi connectivity index (χ4v) is 3.06. The largest absolute Gasteiger partial charge is 0.313 e. The molecule has 0 radical (unpaired) electrons. The quantitative estimate of drug-likeness (QED) is 0.752. The van der Waals surface area contributed by atoms with Crippen LogP contribution in [0.15, 0.2) is 0 Å². The minimum atomic E-state index is 0.671. The highest BCUT2D eigenvalue weighted by Gasteiger charge is 2.10. The Bertz CT molecular complexity index is 156. The number of hydrogen-bond acceptors (Lipinski definition) is 3. The maximum atomic E-state index is 3.61. The Morgan fingerprint density at radius 1 is 1.20 bits per heavy atom. The van der Waals surface area contributed by atoms with Gasteiger partial charge in [0.2, 0.25) is 0 Å². The highest BCUT2D eigenvalue weighted by molar-refractivity contribution is 7.99. The van der Waals surface area contributed by atoms with E-state index in [4.69, 9.17) is 0 Å². The SMILES string of the molecule is CC(C)CC(C)NCCN1CCSCC1. The van der Waals surface area contributed by atoms with Gasteiger partial charge in [0.05, 0.1) is 0 Å². The molecule has 1 N–H and O–H groups in total. The lowest BCUT2D eigenvalue weighted by molar-refractivity contribution is 0.292. The van der Waals surface area contributed by atoms with Gasteiger partial charge in [-0.15, -0.1) is 0 Å². The molecule has 0 amide bonds. The van der Waals surface area contributed by atoms with Crippen LogP contribution in [0.4, 0.5) is 0 Å². The molecule has 1 unspecified atom stereocenters. The molecule has 3 heteroatoms. The van der Waals surface area contributed by atoms with Crippen LogP contribution in [-0.4, -0.2) is 48.6 Å². The summed E-state index contributed by atoms with van der Waals surface area (Å²) in [5.41, 5.74) is 0. The summed E-state index contributed by atoms with van der Waals surface area (Å²) in [6.07, 6.45) is 1.29. The first kappa shape index (κ1) is 13.3. The molecule has 0 bridgehead atoms. The zero-order valence-electron chi connectivity index (χ0n) is 10.5. The monoisotopic (exact) mass is 230 g/mol. The summed E-state index contributed by atoms with van der Waals surface area (Å²) >= 11 is 2.08. The van der Waals surface area contributed by atoms with Crippen molar-refractivity contribution >= 4 is 11.8 Å². The molecule has 0 spiro atoms. The van der Waals surface area contributed by atoms with Crippen molar-refractivity contribution in [3.05, 3.63) is 0 Å². The third-order valence-corrected chi connectivity index (χ3v) is 3.79. The summed E-state index contributed by atoms with van der Waals surface area (Å²) in [4.78, 5) is 2.57. The van der Waals surface area contributed by atoms with E-state index in [9.17, 15) is 0 Å². The maximum absolute atomic E-state index is 3.61. The number of thioether (sulfide) groups is 1. The molecule has 1 aliphatic heterocycles. The summed E-state index contributed by atoms with van der Waals surface area (Å²) < 4.78 is 0. The molecular formula is C12H26N2S. The van der Waals surface area contributed by atoms with Gasteiger partial charge in [0.25, 0.3) is 0 Å². The van der Waals surface area contributed by atoms with Gasteiger partial charge in [0.1, 0.15) is 0 Å². The second kappa shape index (κ2) is 7.53. The Balaban J connectivity index is 1.99. The van der Waals surface area contributed by atoms with E-state index in [-0.39, 0.29) is 0 Å². The van der Waals surface area contributed by atoms with Crippen molar-refractivity contribution < 1.29 is 0 Å². The Hall–Kier alpha value is 0.270. The smallest absolute Gasteiger partial charge is 0.0108 e. The molecule has 2 nitrogen and oxygen atoms in total. The van der Waals surface area contributed by atoms with Gasteiger partial charge in [-0.3, -0.25) is 0 Å². The Labute approximate surface area is 99.2 Å². The van der Waals surface area contributed by atoms with Gasteiger partial charge < -0.3 is 10.2 Å². The van der Waals surface area contributed by atoms with Crippen LogP contribution >= 0.6 is 11.8 Å². The fraction of sp³-hybridized carbons (Fsp3) is 1.00. The van der Waals surface area contributed by atoms with Crippen LogP contribution in [0.2, 0.25) is 0 Å². The molecule has 1 fully saturated rings. The topological polar surface area (TPSA) is 15.3 Å². The van der Waals surface area contributed by atoms with Crippen LogP contribution in [0.1, 0.15) is 27.2 Å². The van der Waals surface area contributed by atoms with E-state index in [2.05, 4.69) is 42.7 Å². The van der Waals surface area contributed by atoms with Gasteiger partial charge in [0.15, 0.2) is 0 Å². The Kier molecular flexibility index (Phi) is 6.69. The van der Waals surface area contributed by atoms with Gasteiger partial charge >= 0.3 is 0 Å². The molecule has 0 aromatic rings. The van der Waals surface area contributed by atoms with Gasteiger partial charge in [-0.05, 0) is 19.3 Å². The van der Waals surface area contributed by atoms with Crippen molar-refractivity contribution in [2.75, 3.05) is 37.7 Å². The van der Waals surface area contributed by atoms with Crippen molar-refractivity contribution in [3.63, 3.8) is 0 Å². The average Bonchev–Trinajstić information content (AvgIpc) is 2.18. The molecule has 0 aliphatic carbocycles. The van der Waals surface area contributed by atoms with E-state index >= 15 is 0 Å². The maximum Gasteiger partial charge on any atom is 0.0108 e. The standard InChI is InChI=1S/C12H26N2S/c1-11(2)10-12(3)13-4-5-14-6-8-15-9-7-14/h11-13H,4-10H2,1-3H3. The average molecular weight is 230 g/mol. The van der Waals surface area contributed by atoms with Crippen LogP contribution in [0.25, 0.3) is 0 Å². The molecule has 1 atom stereocenters. The molecule has 15 heavy (non-hydrogen) atoms. The Morgan fingerprint density at radius 2 is 1.87 bits per heavy atom. The summed E-state index contributed by atoms with van der Waals surface area (Å²) in [5.74, 6) is 3.45. The van der Waals surface area contributed by atoms with E-state index in [0.717, 1.165) is 12.5 Å². The molecule has 1 aliphatic rings. The number of nitrogens with zero attached hydrogens (tertiary/aromatic N) is 1.